The quantitative estimate of drug-likeness (QED) is 0.148. The third-order valence-electron chi connectivity index (χ3n) is 11.1. The van der Waals surface area contributed by atoms with Gasteiger partial charge in [-0.15, -0.1) is 0 Å². The Morgan fingerprint density at radius 1 is 0.500 bits per heavy atom. The smallest absolute Gasteiger partial charge is 0.401 e. The van der Waals surface area contributed by atoms with Crippen molar-refractivity contribution >= 4 is 42.0 Å². The molecule has 0 saturated heterocycles. The Hall–Kier alpha value is -4.37. The zero-order valence-corrected chi connectivity index (χ0v) is 33.5. The van der Waals surface area contributed by atoms with Crippen LogP contribution in [0.15, 0.2) is 115 Å². The standard InChI is InChI=1S/C47H59B2N3/c1-31(2)37-28-43(34(7)8)47(44(29-37)35(9)10)49-51(40-23-17-13-18-24-40)36(11)45-30-38(32(3)4)27-42(33(5)6)46(45)48(50-39-21-15-12-16-22-39)52(49)41-25-19-14-20-26-41/h12-36,50H,1-11H3. The van der Waals surface area contributed by atoms with Crippen molar-refractivity contribution in [1.82, 2.24) is 0 Å². The lowest BCUT2D eigenvalue weighted by atomic mass is 9.49. The van der Waals surface area contributed by atoms with E-state index in [4.69, 9.17) is 0 Å². The van der Waals surface area contributed by atoms with Crippen LogP contribution in [-0.2, 0) is 0 Å². The van der Waals surface area contributed by atoms with Gasteiger partial charge in [0, 0.05) is 23.1 Å². The SMILES string of the molecule is CC(C)c1cc(C(C)C)c(B2N(c3ccccc3)B(Nc3ccccc3)c3c(C(C)C)cc(C(C)C)cc3C(C)N2c2ccccc2)c(C(C)C)c1. The topological polar surface area (TPSA) is 18.5 Å². The van der Waals surface area contributed by atoms with Crippen molar-refractivity contribution in [2.24, 2.45) is 0 Å². The monoisotopic (exact) mass is 687 g/mol. The first-order valence-corrected chi connectivity index (χ1v) is 19.7. The molecule has 1 aliphatic heterocycles. The van der Waals surface area contributed by atoms with Gasteiger partial charge in [-0.05, 0) is 117 Å². The summed E-state index contributed by atoms with van der Waals surface area (Å²) in [5.74, 6) is 1.85. The van der Waals surface area contributed by atoms with Gasteiger partial charge >= 0.3 is 14.0 Å². The van der Waals surface area contributed by atoms with Crippen LogP contribution in [0.1, 0.15) is 145 Å². The van der Waals surface area contributed by atoms with E-state index in [2.05, 4.69) is 206 Å². The van der Waals surface area contributed by atoms with E-state index >= 15 is 0 Å². The molecule has 0 spiro atoms. The van der Waals surface area contributed by atoms with Crippen molar-refractivity contribution in [3.05, 3.63) is 149 Å². The van der Waals surface area contributed by atoms with E-state index in [9.17, 15) is 0 Å². The van der Waals surface area contributed by atoms with E-state index in [0.717, 1.165) is 5.69 Å². The number of rotatable bonds is 10. The molecular formula is C47H59B2N3. The van der Waals surface area contributed by atoms with Gasteiger partial charge in [0.05, 0.1) is 0 Å². The molecule has 3 nitrogen and oxygen atoms in total. The predicted octanol–water partition coefficient (Wildman–Crippen LogP) is 11.6. The maximum absolute atomic E-state index is 4.19. The van der Waals surface area contributed by atoms with Gasteiger partial charge < -0.3 is 14.8 Å². The largest absolute Gasteiger partial charge is 0.415 e. The molecular weight excluding hydrogens is 628 g/mol. The lowest BCUT2D eigenvalue weighted by Crippen LogP contribution is -2.69. The number of anilines is 3. The second-order valence-electron chi connectivity index (χ2n) is 16.4. The third-order valence-corrected chi connectivity index (χ3v) is 11.1. The third kappa shape index (κ3) is 7.29. The molecule has 0 fully saturated rings. The van der Waals surface area contributed by atoms with Crippen LogP contribution in [0.4, 0.5) is 17.1 Å². The average Bonchev–Trinajstić information content (AvgIpc) is 3.23. The van der Waals surface area contributed by atoms with Crippen molar-refractivity contribution in [3.8, 4) is 0 Å². The average molecular weight is 688 g/mol. The van der Waals surface area contributed by atoms with Gasteiger partial charge in [-0.25, -0.2) is 0 Å². The van der Waals surface area contributed by atoms with Gasteiger partial charge in [0.15, 0.2) is 0 Å². The fraction of sp³-hybridized carbons (Fsp3) is 0.362. The summed E-state index contributed by atoms with van der Waals surface area (Å²) in [5, 5.41) is 4.19. The number of benzene rings is 5. The maximum atomic E-state index is 4.19. The molecule has 5 heteroatoms. The van der Waals surface area contributed by atoms with E-state index in [1.165, 1.54) is 55.7 Å². The summed E-state index contributed by atoms with van der Waals surface area (Å²) in [7, 11) is 0. The van der Waals surface area contributed by atoms with E-state index in [-0.39, 0.29) is 20.0 Å². The Morgan fingerprint density at radius 2 is 0.923 bits per heavy atom. The zero-order chi connectivity index (χ0) is 37.3. The number of nitrogens with zero attached hydrogens (tertiary/aromatic N) is 2. The minimum atomic E-state index is -0.163. The van der Waals surface area contributed by atoms with Crippen molar-refractivity contribution in [1.29, 1.82) is 0 Å². The fourth-order valence-corrected chi connectivity index (χ4v) is 8.25. The summed E-state index contributed by atoms with van der Waals surface area (Å²) < 4.78 is 2.73. The fourth-order valence-electron chi connectivity index (χ4n) is 8.25. The molecule has 52 heavy (non-hydrogen) atoms. The van der Waals surface area contributed by atoms with Crippen LogP contribution >= 0.6 is 0 Å². The molecule has 0 aromatic heterocycles. The van der Waals surface area contributed by atoms with Crippen LogP contribution in [0, 0.1) is 0 Å². The van der Waals surface area contributed by atoms with Crippen LogP contribution in [0.5, 0.6) is 0 Å². The molecule has 1 aliphatic rings. The zero-order valence-electron chi connectivity index (χ0n) is 33.5. The number of nitrogens with one attached hydrogen (secondary N) is 1. The summed E-state index contributed by atoms with van der Waals surface area (Å²) in [5.41, 5.74) is 14.9. The van der Waals surface area contributed by atoms with Crippen LogP contribution in [0.3, 0.4) is 0 Å². The first kappa shape index (κ1) is 37.4. The van der Waals surface area contributed by atoms with E-state index in [1.807, 2.05) is 0 Å². The molecule has 0 saturated carbocycles. The van der Waals surface area contributed by atoms with Gasteiger partial charge in [0.2, 0.25) is 0 Å². The Bertz CT molecular complexity index is 1910. The van der Waals surface area contributed by atoms with Gasteiger partial charge in [-0.1, -0.05) is 148 Å². The highest BCUT2D eigenvalue weighted by molar-refractivity contribution is 6.98. The molecule has 268 valence electrons. The van der Waals surface area contributed by atoms with Gasteiger partial charge in [-0.2, -0.15) is 0 Å². The Balaban J connectivity index is 1.83. The molecule has 0 radical (unpaired) electrons. The second-order valence-corrected chi connectivity index (χ2v) is 16.4. The minimum Gasteiger partial charge on any atom is -0.415 e. The van der Waals surface area contributed by atoms with Crippen molar-refractivity contribution < 1.29 is 0 Å². The summed E-state index contributed by atoms with van der Waals surface area (Å²) in [6.45, 7) is 25.8. The summed E-state index contributed by atoms with van der Waals surface area (Å²) >= 11 is 0. The highest BCUT2D eigenvalue weighted by Gasteiger charge is 2.50. The van der Waals surface area contributed by atoms with Crippen LogP contribution in [-0.4, -0.2) is 14.0 Å². The first-order chi connectivity index (χ1) is 24.9. The molecule has 6 rings (SSSR count). The molecule has 1 N–H and O–H groups in total. The van der Waals surface area contributed by atoms with E-state index in [1.54, 1.807) is 0 Å². The highest BCUT2D eigenvalue weighted by Crippen LogP contribution is 2.39. The second kappa shape index (κ2) is 15.7. The van der Waals surface area contributed by atoms with Crippen molar-refractivity contribution in [3.63, 3.8) is 0 Å². The van der Waals surface area contributed by atoms with Gasteiger partial charge in [0.25, 0.3) is 0 Å². The van der Waals surface area contributed by atoms with Crippen molar-refractivity contribution in [2.45, 2.75) is 112 Å². The minimum absolute atomic E-state index is 0.0668. The molecule has 5 aromatic rings. The van der Waals surface area contributed by atoms with Crippen LogP contribution in [0.2, 0.25) is 0 Å². The van der Waals surface area contributed by atoms with Gasteiger partial charge in [-0.3, -0.25) is 0 Å². The lowest BCUT2D eigenvalue weighted by molar-refractivity contribution is 0.782. The normalized spacial score (nSPS) is 15.0. The predicted molar refractivity (Wildman–Crippen MR) is 230 cm³/mol. The molecule has 0 bridgehead atoms. The Kier molecular flexibility index (Phi) is 11.3. The number of hydrogen-bond acceptors (Lipinski definition) is 3. The number of para-hydroxylation sites is 3. The lowest BCUT2D eigenvalue weighted by Gasteiger charge is -2.44. The number of fused-ring (bicyclic) bond motifs is 1. The Labute approximate surface area is 316 Å². The summed E-state index contributed by atoms with van der Waals surface area (Å²) in [6, 6.07) is 43.4. The van der Waals surface area contributed by atoms with Crippen molar-refractivity contribution in [2.75, 3.05) is 14.8 Å². The molecule has 1 heterocycles. The Morgan fingerprint density at radius 3 is 1.38 bits per heavy atom. The maximum Gasteiger partial charge on any atom is 0.401 e. The van der Waals surface area contributed by atoms with Crippen LogP contribution < -0.4 is 25.7 Å². The molecule has 0 aliphatic carbocycles. The van der Waals surface area contributed by atoms with E-state index in [0.29, 0.717) is 29.6 Å². The highest BCUT2D eigenvalue weighted by atomic mass is 15.2. The molecule has 1 unspecified atom stereocenters. The summed E-state index contributed by atoms with van der Waals surface area (Å²) in [4.78, 5) is 2.74. The first-order valence-electron chi connectivity index (χ1n) is 19.7. The number of hydrogen-bond donors (Lipinski definition) is 1. The summed E-state index contributed by atoms with van der Waals surface area (Å²) in [6.07, 6.45) is 0. The molecule has 1 atom stereocenters. The van der Waals surface area contributed by atoms with E-state index < -0.39 is 0 Å². The molecule has 5 aromatic carbocycles. The van der Waals surface area contributed by atoms with Crippen LogP contribution in [0.25, 0.3) is 0 Å². The van der Waals surface area contributed by atoms with Gasteiger partial charge in [0.1, 0.15) is 0 Å². The molecule has 0 amide bonds.